The van der Waals surface area contributed by atoms with Gasteiger partial charge in [0.2, 0.25) is 0 Å². The van der Waals surface area contributed by atoms with Crippen LogP contribution in [0, 0.1) is 5.82 Å². The number of hydrogen-bond acceptors (Lipinski definition) is 2. The van der Waals surface area contributed by atoms with Crippen molar-refractivity contribution >= 4 is 28.1 Å². The van der Waals surface area contributed by atoms with Gasteiger partial charge in [-0.15, -0.1) is 0 Å². The highest BCUT2D eigenvalue weighted by molar-refractivity contribution is 6.30. The van der Waals surface area contributed by atoms with Crippen molar-refractivity contribution in [1.82, 2.24) is 0 Å². The first-order chi connectivity index (χ1) is 10.1. The van der Waals surface area contributed by atoms with Crippen molar-refractivity contribution < 1.29 is 9.50 Å². The van der Waals surface area contributed by atoms with Gasteiger partial charge in [0.15, 0.2) is 0 Å². The summed E-state index contributed by atoms with van der Waals surface area (Å²) in [6.07, 6.45) is 0. The molecule has 0 saturated carbocycles. The molecule has 0 aliphatic heterocycles. The molecule has 3 aromatic carbocycles. The lowest BCUT2D eigenvalue weighted by molar-refractivity contribution is 0.470. The van der Waals surface area contributed by atoms with Crippen LogP contribution in [0.15, 0.2) is 54.6 Å². The van der Waals surface area contributed by atoms with Gasteiger partial charge in [0.05, 0.1) is 5.69 Å². The Bertz CT molecular complexity index is 804. The summed E-state index contributed by atoms with van der Waals surface area (Å²) in [6.45, 7) is 0.310. The van der Waals surface area contributed by atoms with Crippen LogP contribution in [-0.2, 0) is 6.54 Å². The van der Waals surface area contributed by atoms with Crippen LogP contribution in [0.25, 0.3) is 10.8 Å². The predicted molar refractivity (Wildman–Crippen MR) is 84.3 cm³/mol. The summed E-state index contributed by atoms with van der Waals surface area (Å²) < 4.78 is 13.7. The fourth-order valence-corrected chi connectivity index (χ4v) is 2.50. The number of hydrogen-bond donors (Lipinski definition) is 2. The number of aromatic hydroxyl groups is 1. The second-order valence-corrected chi connectivity index (χ2v) is 5.20. The Morgan fingerprint density at radius 2 is 1.86 bits per heavy atom. The molecule has 0 spiro atoms. The number of halogens is 2. The SMILES string of the molecule is Oc1ccc2ccccc2c1CNc1cc(Cl)ccc1F. The summed E-state index contributed by atoms with van der Waals surface area (Å²) in [7, 11) is 0. The lowest BCUT2D eigenvalue weighted by Crippen LogP contribution is -2.02. The van der Waals surface area contributed by atoms with Crippen molar-refractivity contribution in [2.45, 2.75) is 6.54 Å². The minimum Gasteiger partial charge on any atom is -0.508 e. The Balaban J connectivity index is 1.95. The summed E-state index contributed by atoms with van der Waals surface area (Å²) >= 11 is 5.87. The van der Waals surface area contributed by atoms with Crippen molar-refractivity contribution in [2.24, 2.45) is 0 Å². The van der Waals surface area contributed by atoms with E-state index < -0.39 is 0 Å². The maximum Gasteiger partial charge on any atom is 0.146 e. The van der Waals surface area contributed by atoms with Crippen molar-refractivity contribution in [3.8, 4) is 5.75 Å². The van der Waals surface area contributed by atoms with Crippen molar-refractivity contribution in [2.75, 3.05) is 5.32 Å². The third-order valence-electron chi connectivity index (χ3n) is 3.40. The molecule has 0 bridgehead atoms. The van der Waals surface area contributed by atoms with Gasteiger partial charge in [-0.25, -0.2) is 4.39 Å². The average Bonchev–Trinajstić information content (AvgIpc) is 2.49. The Morgan fingerprint density at radius 1 is 1.05 bits per heavy atom. The Hall–Kier alpha value is -2.26. The average molecular weight is 302 g/mol. The third kappa shape index (κ3) is 2.78. The number of anilines is 1. The first-order valence-corrected chi connectivity index (χ1v) is 6.91. The summed E-state index contributed by atoms with van der Waals surface area (Å²) in [5, 5.41) is 15.5. The monoisotopic (exact) mass is 301 g/mol. The van der Waals surface area contributed by atoms with Gasteiger partial charge >= 0.3 is 0 Å². The van der Waals surface area contributed by atoms with E-state index in [2.05, 4.69) is 5.32 Å². The minimum atomic E-state index is -0.376. The lowest BCUT2D eigenvalue weighted by Gasteiger charge is -2.12. The van der Waals surface area contributed by atoms with Gasteiger partial charge in [0, 0.05) is 17.1 Å². The van der Waals surface area contributed by atoms with E-state index in [1.165, 1.54) is 18.2 Å². The summed E-state index contributed by atoms with van der Waals surface area (Å²) in [5.41, 5.74) is 1.04. The van der Waals surface area contributed by atoms with E-state index in [4.69, 9.17) is 11.6 Å². The van der Waals surface area contributed by atoms with Crippen LogP contribution in [0.1, 0.15) is 5.56 Å². The van der Waals surface area contributed by atoms with Crippen LogP contribution in [0.2, 0.25) is 5.02 Å². The van der Waals surface area contributed by atoms with Gasteiger partial charge in [0.1, 0.15) is 11.6 Å². The lowest BCUT2D eigenvalue weighted by atomic mass is 10.0. The number of fused-ring (bicyclic) bond motifs is 1. The predicted octanol–water partition coefficient (Wildman–Crippen LogP) is 4.95. The second kappa shape index (κ2) is 5.62. The zero-order valence-corrected chi connectivity index (χ0v) is 11.9. The fourth-order valence-electron chi connectivity index (χ4n) is 2.33. The molecule has 0 saturated heterocycles. The van der Waals surface area contributed by atoms with E-state index in [-0.39, 0.29) is 11.6 Å². The molecule has 21 heavy (non-hydrogen) atoms. The van der Waals surface area contributed by atoms with Crippen molar-refractivity contribution in [1.29, 1.82) is 0 Å². The Morgan fingerprint density at radius 3 is 2.71 bits per heavy atom. The van der Waals surface area contributed by atoms with E-state index >= 15 is 0 Å². The molecule has 3 aromatic rings. The van der Waals surface area contributed by atoms with E-state index in [1.54, 1.807) is 6.07 Å². The zero-order valence-electron chi connectivity index (χ0n) is 11.1. The smallest absolute Gasteiger partial charge is 0.146 e. The summed E-state index contributed by atoms with van der Waals surface area (Å²) in [5.74, 6) is -0.192. The van der Waals surface area contributed by atoms with E-state index in [1.807, 2.05) is 30.3 Å². The molecule has 0 atom stereocenters. The summed E-state index contributed by atoms with van der Waals surface area (Å²) in [6, 6.07) is 15.6. The highest BCUT2D eigenvalue weighted by atomic mass is 35.5. The maximum atomic E-state index is 13.7. The molecule has 0 fully saturated rings. The Kier molecular flexibility index (Phi) is 3.67. The molecule has 0 aliphatic carbocycles. The molecule has 0 aromatic heterocycles. The van der Waals surface area contributed by atoms with Crippen molar-refractivity contribution in [3.63, 3.8) is 0 Å². The van der Waals surface area contributed by atoms with Gasteiger partial charge in [-0.05, 0) is 35.0 Å². The molecule has 4 heteroatoms. The normalized spacial score (nSPS) is 10.8. The van der Waals surface area contributed by atoms with Gasteiger partial charge in [-0.1, -0.05) is 41.9 Å². The number of phenolic OH excluding ortho intramolecular Hbond substituents is 1. The Labute approximate surface area is 126 Å². The first kappa shape index (κ1) is 13.7. The fraction of sp³-hybridized carbons (Fsp3) is 0.0588. The van der Waals surface area contributed by atoms with Crippen LogP contribution in [0.4, 0.5) is 10.1 Å². The number of nitrogens with one attached hydrogen (secondary N) is 1. The number of phenols is 1. The molecule has 0 amide bonds. The molecule has 106 valence electrons. The molecule has 2 N–H and O–H groups in total. The van der Waals surface area contributed by atoms with E-state index in [0.29, 0.717) is 17.3 Å². The van der Waals surface area contributed by atoms with Gasteiger partial charge in [0.25, 0.3) is 0 Å². The zero-order chi connectivity index (χ0) is 14.8. The van der Waals surface area contributed by atoms with E-state index in [9.17, 15) is 9.50 Å². The van der Waals surface area contributed by atoms with Crippen LogP contribution in [0.3, 0.4) is 0 Å². The molecule has 0 heterocycles. The summed E-state index contributed by atoms with van der Waals surface area (Å²) in [4.78, 5) is 0. The molecule has 2 nitrogen and oxygen atoms in total. The number of rotatable bonds is 3. The molecule has 0 aliphatic rings. The van der Waals surface area contributed by atoms with Gasteiger partial charge in [-0.3, -0.25) is 0 Å². The highest BCUT2D eigenvalue weighted by Crippen LogP contribution is 2.28. The van der Waals surface area contributed by atoms with E-state index in [0.717, 1.165) is 16.3 Å². The van der Waals surface area contributed by atoms with Gasteiger partial charge < -0.3 is 10.4 Å². The quantitative estimate of drug-likeness (QED) is 0.717. The molecule has 0 unspecified atom stereocenters. The molecular weight excluding hydrogens is 289 g/mol. The topological polar surface area (TPSA) is 32.3 Å². The van der Waals surface area contributed by atoms with Crippen molar-refractivity contribution in [3.05, 3.63) is 71.0 Å². The maximum absolute atomic E-state index is 13.7. The standard InChI is InChI=1S/C17H13ClFNO/c18-12-6-7-15(19)16(9-12)20-10-14-13-4-2-1-3-11(13)5-8-17(14)21/h1-9,20-21H,10H2. The molecule has 3 rings (SSSR count). The number of benzene rings is 3. The van der Waals surface area contributed by atoms with Crippen LogP contribution < -0.4 is 5.32 Å². The largest absolute Gasteiger partial charge is 0.508 e. The van der Waals surface area contributed by atoms with Crippen LogP contribution in [0.5, 0.6) is 5.75 Å². The van der Waals surface area contributed by atoms with Crippen LogP contribution in [-0.4, -0.2) is 5.11 Å². The van der Waals surface area contributed by atoms with Crippen LogP contribution >= 0.6 is 11.6 Å². The highest BCUT2D eigenvalue weighted by Gasteiger charge is 2.08. The molecule has 0 radical (unpaired) electrons. The second-order valence-electron chi connectivity index (χ2n) is 4.76. The first-order valence-electron chi connectivity index (χ1n) is 6.53. The minimum absolute atomic E-state index is 0.184. The third-order valence-corrected chi connectivity index (χ3v) is 3.63. The molecular formula is C17H13ClFNO. The van der Waals surface area contributed by atoms with Gasteiger partial charge in [-0.2, -0.15) is 0 Å².